The number of nitrogens with two attached hydrogens (primary N) is 1. The second kappa shape index (κ2) is 6.65. The van der Waals surface area contributed by atoms with E-state index in [1.165, 1.54) is 31.2 Å². The average molecular weight is 235 g/mol. The van der Waals surface area contributed by atoms with Crippen LogP contribution in [0.3, 0.4) is 0 Å². The molecular formula is C15H25NO. The summed E-state index contributed by atoms with van der Waals surface area (Å²) < 4.78 is 5.15. The number of ether oxygens (including phenoxy) is 1. The van der Waals surface area contributed by atoms with Crippen LogP contribution in [0.25, 0.3) is 0 Å². The van der Waals surface area contributed by atoms with Crippen molar-refractivity contribution in [2.75, 3.05) is 7.11 Å². The van der Waals surface area contributed by atoms with E-state index in [0.29, 0.717) is 0 Å². The molecule has 0 heterocycles. The minimum absolute atomic E-state index is 0.222. The lowest BCUT2D eigenvalue weighted by Crippen LogP contribution is -2.32. The maximum atomic E-state index is 6.37. The highest BCUT2D eigenvalue weighted by Crippen LogP contribution is 2.26. The molecule has 96 valence electrons. The summed E-state index contributed by atoms with van der Waals surface area (Å²) in [7, 11) is 1.68. The van der Waals surface area contributed by atoms with Gasteiger partial charge in [-0.15, -0.1) is 0 Å². The third-order valence-electron chi connectivity index (χ3n) is 3.30. The van der Waals surface area contributed by atoms with Crippen LogP contribution in [0.4, 0.5) is 0 Å². The molecule has 1 unspecified atom stereocenters. The number of benzene rings is 1. The van der Waals surface area contributed by atoms with Crippen LogP contribution in [0, 0.1) is 0 Å². The first-order valence-corrected chi connectivity index (χ1v) is 6.53. The first-order valence-electron chi connectivity index (χ1n) is 6.53. The lowest BCUT2D eigenvalue weighted by Gasteiger charge is -2.25. The van der Waals surface area contributed by atoms with Gasteiger partial charge in [-0.05, 0) is 31.0 Å². The van der Waals surface area contributed by atoms with E-state index >= 15 is 0 Å². The van der Waals surface area contributed by atoms with Gasteiger partial charge in [-0.3, -0.25) is 0 Å². The molecule has 0 spiro atoms. The molecule has 2 heteroatoms. The molecule has 17 heavy (non-hydrogen) atoms. The molecule has 1 aromatic rings. The van der Waals surface area contributed by atoms with Crippen LogP contribution >= 0.6 is 0 Å². The molecule has 0 saturated heterocycles. The Hall–Kier alpha value is -1.02. The van der Waals surface area contributed by atoms with Crippen LogP contribution in [0.2, 0.25) is 0 Å². The van der Waals surface area contributed by atoms with E-state index in [1.807, 2.05) is 12.1 Å². The molecule has 0 saturated carbocycles. The van der Waals surface area contributed by atoms with Gasteiger partial charge < -0.3 is 10.5 Å². The van der Waals surface area contributed by atoms with E-state index in [1.54, 1.807) is 7.11 Å². The van der Waals surface area contributed by atoms with Crippen LogP contribution in [0.1, 0.15) is 51.5 Å². The van der Waals surface area contributed by atoms with Crippen molar-refractivity contribution in [1.29, 1.82) is 0 Å². The SMILES string of the molecule is CCCCCCC(C)(N)c1ccc(OC)cc1. The molecule has 0 aliphatic carbocycles. The molecular weight excluding hydrogens is 210 g/mol. The van der Waals surface area contributed by atoms with Gasteiger partial charge in [0.15, 0.2) is 0 Å². The Bertz CT molecular complexity index is 316. The summed E-state index contributed by atoms with van der Waals surface area (Å²) in [5.74, 6) is 0.885. The van der Waals surface area contributed by atoms with Crippen molar-refractivity contribution < 1.29 is 4.74 Å². The summed E-state index contributed by atoms with van der Waals surface area (Å²) in [5.41, 5.74) is 7.34. The van der Waals surface area contributed by atoms with Crippen molar-refractivity contribution in [3.05, 3.63) is 29.8 Å². The summed E-state index contributed by atoms with van der Waals surface area (Å²) in [4.78, 5) is 0. The Morgan fingerprint density at radius 1 is 1.12 bits per heavy atom. The zero-order valence-electron chi connectivity index (χ0n) is 11.3. The Balaban J connectivity index is 2.55. The first kappa shape index (κ1) is 14.0. The van der Waals surface area contributed by atoms with Gasteiger partial charge in [0.2, 0.25) is 0 Å². The van der Waals surface area contributed by atoms with Crippen LogP contribution < -0.4 is 10.5 Å². The smallest absolute Gasteiger partial charge is 0.118 e. The molecule has 1 rings (SSSR count). The van der Waals surface area contributed by atoms with E-state index in [-0.39, 0.29) is 5.54 Å². The molecule has 0 bridgehead atoms. The van der Waals surface area contributed by atoms with E-state index in [9.17, 15) is 0 Å². The normalized spacial score (nSPS) is 14.4. The van der Waals surface area contributed by atoms with Gasteiger partial charge in [-0.2, -0.15) is 0 Å². The van der Waals surface area contributed by atoms with Crippen LogP contribution in [-0.2, 0) is 5.54 Å². The van der Waals surface area contributed by atoms with Crippen molar-refractivity contribution >= 4 is 0 Å². The summed E-state index contributed by atoms with van der Waals surface area (Å²) >= 11 is 0. The highest BCUT2D eigenvalue weighted by molar-refractivity contribution is 5.31. The Morgan fingerprint density at radius 2 is 1.76 bits per heavy atom. The van der Waals surface area contributed by atoms with Crippen molar-refractivity contribution in [3.8, 4) is 5.75 Å². The van der Waals surface area contributed by atoms with E-state index in [4.69, 9.17) is 10.5 Å². The fourth-order valence-electron chi connectivity index (χ4n) is 2.04. The summed E-state index contributed by atoms with van der Waals surface area (Å²) in [6.45, 7) is 4.34. The van der Waals surface area contributed by atoms with E-state index < -0.39 is 0 Å². The van der Waals surface area contributed by atoms with Gasteiger partial charge >= 0.3 is 0 Å². The van der Waals surface area contributed by atoms with Gasteiger partial charge in [0, 0.05) is 5.54 Å². The molecule has 0 aliphatic rings. The lowest BCUT2D eigenvalue weighted by atomic mass is 9.87. The van der Waals surface area contributed by atoms with Crippen molar-refractivity contribution in [1.82, 2.24) is 0 Å². The van der Waals surface area contributed by atoms with Crippen molar-refractivity contribution in [3.63, 3.8) is 0 Å². The van der Waals surface area contributed by atoms with Gasteiger partial charge in [0.25, 0.3) is 0 Å². The fourth-order valence-corrected chi connectivity index (χ4v) is 2.04. The average Bonchev–Trinajstić information content (AvgIpc) is 2.35. The molecule has 0 amide bonds. The zero-order valence-corrected chi connectivity index (χ0v) is 11.3. The number of rotatable bonds is 7. The Labute approximate surface area is 105 Å². The summed E-state index contributed by atoms with van der Waals surface area (Å²) in [5, 5.41) is 0. The number of unbranched alkanes of at least 4 members (excludes halogenated alkanes) is 3. The second-order valence-electron chi connectivity index (χ2n) is 4.96. The van der Waals surface area contributed by atoms with Gasteiger partial charge in [0.1, 0.15) is 5.75 Å². The highest BCUT2D eigenvalue weighted by atomic mass is 16.5. The maximum Gasteiger partial charge on any atom is 0.118 e. The predicted octanol–water partition coefficient (Wildman–Crippen LogP) is 3.84. The molecule has 0 aliphatic heterocycles. The lowest BCUT2D eigenvalue weighted by molar-refractivity contribution is 0.409. The van der Waals surface area contributed by atoms with Crippen LogP contribution in [0.5, 0.6) is 5.75 Å². The molecule has 2 N–H and O–H groups in total. The quantitative estimate of drug-likeness (QED) is 0.729. The molecule has 0 aromatic heterocycles. The van der Waals surface area contributed by atoms with Crippen LogP contribution in [-0.4, -0.2) is 7.11 Å². The number of methoxy groups -OCH3 is 1. The maximum absolute atomic E-state index is 6.37. The zero-order chi connectivity index (χ0) is 12.7. The summed E-state index contributed by atoms with van der Waals surface area (Å²) in [6.07, 6.45) is 6.09. The van der Waals surface area contributed by atoms with Gasteiger partial charge in [0.05, 0.1) is 7.11 Å². The van der Waals surface area contributed by atoms with Crippen molar-refractivity contribution in [2.24, 2.45) is 5.73 Å². The third-order valence-corrected chi connectivity index (χ3v) is 3.30. The van der Waals surface area contributed by atoms with Crippen LogP contribution in [0.15, 0.2) is 24.3 Å². The Morgan fingerprint density at radius 3 is 2.29 bits per heavy atom. The monoisotopic (exact) mass is 235 g/mol. The van der Waals surface area contributed by atoms with E-state index in [0.717, 1.165) is 12.2 Å². The standard InChI is InChI=1S/C15H25NO/c1-4-5-6-7-12-15(2,16)13-8-10-14(17-3)11-9-13/h8-11H,4-7,12,16H2,1-3H3. The van der Waals surface area contributed by atoms with E-state index in [2.05, 4.69) is 26.0 Å². The molecule has 1 aromatic carbocycles. The van der Waals surface area contributed by atoms with Gasteiger partial charge in [-0.1, -0.05) is 44.7 Å². The highest BCUT2D eigenvalue weighted by Gasteiger charge is 2.20. The predicted molar refractivity (Wildman–Crippen MR) is 73.3 cm³/mol. The Kier molecular flexibility index (Phi) is 5.49. The topological polar surface area (TPSA) is 35.2 Å². The molecule has 2 nitrogen and oxygen atoms in total. The minimum Gasteiger partial charge on any atom is -0.497 e. The number of hydrogen-bond acceptors (Lipinski definition) is 2. The minimum atomic E-state index is -0.222. The fraction of sp³-hybridized carbons (Fsp3) is 0.600. The second-order valence-corrected chi connectivity index (χ2v) is 4.96. The number of hydrogen-bond donors (Lipinski definition) is 1. The van der Waals surface area contributed by atoms with Crippen molar-refractivity contribution in [2.45, 2.75) is 51.5 Å². The largest absolute Gasteiger partial charge is 0.497 e. The molecule has 0 fully saturated rings. The first-order chi connectivity index (χ1) is 8.10. The molecule has 0 radical (unpaired) electrons. The third kappa shape index (κ3) is 4.39. The van der Waals surface area contributed by atoms with Gasteiger partial charge in [-0.25, -0.2) is 0 Å². The molecule has 1 atom stereocenters. The summed E-state index contributed by atoms with van der Waals surface area (Å²) in [6, 6.07) is 8.09.